The fourth-order valence-corrected chi connectivity index (χ4v) is 2.84. The maximum Gasteiger partial charge on any atom is 0.246 e. The molecule has 2 atom stereocenters. The van der Waals surface area contributed by atoms with Crippen LogP contribution in [0.25, 0.3) is 0 Å². The normalized spacial score (nSPS) is 30.7. The Balaban J connectivity index is 1.90. The van der Waals surface area contributed by atoms with E-state index in [4.69, 9.17) is 5.73 Å². The van der Waals surface area contributed by atoms with Crippen LogP contribution in [-0.2, 0) is 4.79 Å². The fraction of sp³-hybridized carbons (Fsp3) is 0.769. The van der Waals surface area contributed by atoms with E-state index in [0.29, 0.717) is 6.54 Å². The molecule has 2 aliphatic heterocycles. The number of hydrogen-bond donors (Lipinski definition) is 1. The van der Waals surface area contributed by atoms with Crippen molar-refractivity contribution in [1.29, 1.82) is 0 Å². The summed E-state index contributed by atoms with van der Waals surface area (Å²) in [7, 11) is 2.15. The van der Waals surface area contributed by atoms with E-state index in [1.54, 1.807) is 0 Å². The molecule has 0 bridgehead atoms. The van der Waals surface area contributed by atoms with Crippen LogP contribution in [0.4, 0.5) is 0 Å². The first-order valence-corrected chi connectivity index (χ1v) is 6.69. The number of rotatable bonds is 3. The second kappa shape index (κ2) is 5.82. The number of carbonyl (C=O) groups is 1. The van der Waals surface area contributed by atoms with Gasteiger partial charge in [-0.15, -0.1) is 0 Å². The van der Waals surface area contributed by atoms with Crippen molar-refractivity contribution in [1.82, 2.24) is 14.7 Å². The summed E-state index contributed by atoms with van der Waals surface area (Å²) in [6, 6.07) is 0.375. The van der Waals surface area contributed by atoms with E-state index >= 15 is 0 Å². The molecule has 102 valence electrons. The average molecular weight is 252 g/mol. The lowest BCUT2D eigenvalue weighted by molar-refractivity contribution is -0.127. The summed E-state index contributed by atoms with van der Waals surface area (Å²) >= 11 is 0. The highest BCUT2D eigenvalue weighted by atomic mass is 16.2. The number of nitrogens with zero attached hydrogens (tertiary/aromatic N) is 3. The molecule has 0 aromatic carbocycles. The molecule has 2 N–H and O–H groups in total. The van der Waals surface area contributed by atoms with Gasteiger partial charge in [0.2, 0.25) is 5.91 Å². The number of piperazine rings is 1. The Morgan fingerprint density at radius 1 is 1.39 bits per heavy atom. The van der Waals surface area contributed by atoms with Crippen LogP contribution in [0.15, 0.2) is 12.7 Å². The van der Waals surface area contributed by atoms with E-state index in [-0.39, 0.29) is 18.0 Å². The number of hydrogen-bond acceptors (Lipinski definition) is 4. The Bertz CT molecular complexity index is 312. The van der Waals surface area contributed by atoms with Gasteiger partial charge in [-0.3, -0.25) is 9.69 Å². The monoisotopic (exact) mass is 252 g/mol. The molecule has 0 radical (unpaired) electrons. The molecule has 5 heteroatoms. The zero-order valence-electron chi connectivity index (χ0n) is 11.2. The standard InChI is InChI=1S/C13H24N4O/c1-3-13(18)17-9-11(14)8-12(17)10-16-6-4-15(2)5-7-16/h3,11-12H,1,4-10,14H2,2H3/t11-,12+/m0/s1. The van der Waals surface area contributed by atoms with Gasteiger partial charge in [0.15, 0.2) is 0 Å². The molecule has 0 aromatic heterocycles. The summed E-state index contributed by atoms with van der Waals surface area (Å²) in [6.45, 7) is 9.56. The SMILES string of the molecule is C=CC(=O)N1C[C@@H](N)C[C@@H]1CN1CCN(C)CC1. The lowest BCUT2D eigenvalue weighted by Crippen LogP contribution is -2.49. The van der Waals surface area contributed by atoms with Crippen molar-refractivity contribution in [3.63, 3.8) is 0 Å². The Hall–Kier alpha value is -0.910. The van der Waals surface area contributed by atoms with E-state index in [9.17, 15) is 4.79 Å². The molecular weight excluding hydrogens is 228 g/mol. The molecule has 0 saturated carbocycles. The highest BCUT2D eigenvalue weighted by Gasteiger charge is 2.33. The molecule has 0 aliphatic carbocycles. The second-order valence-electron chi connectivity index (χ2n) is 5.45. The van der Waals surface area contributed by atoms with Crippen LogP contribution in [0, 0.1) is 0 Å². The summed E-state index contributed by atoms with van der Waals surface area (Å²) in [5, 5.41) is 0. The lowest BCUT2D eigenvalue weighted by Gasteiger charge is -2.35. The first kappa shape index (κ1) is 13.5. The second-order valence-corrected chi connectivity index (χ2v) is 5.45. The van der Waals surface area contributed by atoms with Crippen molar-refractivity contribution in [3.05, 3.63) is 12.7 Å². The summed E-state index contributed by atoms with van der Waals surface area (Å²) in [6.07, 6.45) is 2.31. The molecule has 2 rings (SSSR count). The summed E-state index contributed by atoms with van der Waals surface area (Å²) < 4.78 is 0. The van der Waals surface area contributed by atoms with E-state index in [2.05, 4.69) is 23.4 Å². The van der Waals surface area contributed by atoms with Crippen LogP contribution in [0.1, 0.15) is 6.42 Å². The van der Waals surface area contributed by atoms with Gasteiger partial charge in [0.05, 0.1) is 0 Å². The van der Waals surface area contributed by atoms with E-state index in [1.165, 1.54) is 6.08 Å². The molecule has 2 saturated heterocycles. The van der Waals surface area contributed by atoms with Crippen molar-refractivity contribution in [3.8, 4) is 0 Å². The minimum absolute atomic E-state index is 0.0158. The quantitative estimate of drug-likeness (QED) is 0.678. The third-order valence-corrected chi connectivity index (χ3v) is 3.97. The van der Waals surface area contributed by atoms with E-state index in [0.717, 1.165) is 39.1 Å². The summed E-state index contributed by atoms with van der Waals surface area (Å²) in [5.41, 5.74) is 5.98. The van der Waals surface area contributed by atoms with Crippen LogP contribution in [0.2, 0.25) is 0 Å². The van der Waals surface area contributed by atoms with Gasteiger partial charge in [-0.2, -0.15) is 0 Å². The Morgan fingerprint density at radius 2 is 2.06 bits per heavy atom. The number of carbonyl (C=O) groups excluding carboxylic acids is 1. The Morgan fingerprint density at radius 3 is 2.67 bits per heavy atom. The zero-order valence-corrected chi connectivity index (χ0v) is 11.2. The molecule has 1 amide bonds. The highest BCUT2D eigenvalue weighted by Crippen LogP contribution is 2.18. The average Bonchev–Trinajstić information content (AvgIpc) is 2.72. The number of likely N-dealkylation sites (tertiary alicyclic amines) is 1. The molecule has 2 heterocycles. The molecule has 5 nitrogen and oxygen atoms in total. The van der Waals surface area contributed by atoms with Crippen LogP contribution < -0.4 is 5.73 Å². The molecular formula is C13H24N4O. The zero-order chi connectivity index (χ0) is 13.1. The molecule has 2 aliphatic rings. The summed E-state index contributed by atoms with van der Waals surface area (Å²) in [4.78, 5) is 18.4. The number of nitrogens with two attached hydrogens (primary N) is 1. The highest BCUT2D eigenvalue weighted by molar-refractivity contribution is 5.87. The predicted octanol–water partition coefficient (Wildman–Crippen LogP) is -0.652. The van der Waals surface area contributed by atoms with Crippen LogP contribution in [0.3, 0.4) is 0 Å². The van der Waals surface area contributed by atoms with Crippen LogP contribution >= 0.6 is 0 Å². The van der Waals surface area contributed by atoms with Gasteiger partial charge in [0.1, 0.15) is 0 Å². The molecule has 0 spiro atoms. The minimum Gasteiger partial charge on any atom is -0.333 e. The van der Waals surface area contributed by atoms with Crippen LogP contribution in [-0.4, -0.2) is 79.0 Å². The maximum atomic E-state index is 11.8. The Kier molecular flexibility index (Phi) is 4.37. The van der Waals surface area contributed by atoms with Gasteiger partial charge in [-0.25, -0.2) is 0 Å². The maximum absolute atomic E-state index is 11.8. The Labute approximate surface area is 109 Å². The van der Waals surface area contributed by atoms with Gasteiger partial charge < -0.3 is 15.5 Å². The molecule has 0 aromatic rings. The molecule has 18 heavy (non-hydrogen) atoms. The largest absolute Gasteiger partial charge is 0.333 e. The number of likely N-dealkylation sites (N-methyl/N-ethyl adjacent to an activating group) is 1. The third kappa shape index (κ3) is 3.10. The van der Waals surface area contributed by atoms with Gasteiger partial charge >= 0.3 is 0 Å². The summed E-state index contributed by atoms with van der Waals surface area (Å²) in [5.74, 6) is 0.0158. The smallest absolute Gasteiger partial charge is 0.246 e. The van der Waals surface area contributed by atoms with Crippen LogP contribution in [0.5, 0.6) is 0 Å². The van der Waals surface area contributed by atoms with Crippen molar-refractivity contribution in [2.45, 2.75) is 18.5 Å². The molecule has 0 unspecified atom stereocenters. The third-order valence-electron chi connectivity index (χ3n) is 3.97. The van der Waals surface area contributed by atoms with Crippen molar-refractivity contribution in [2.75, 3.05) is 46.3 Å². The first-order valence-electron chi connectivity index (χ1n) is 6.69. The minimum atomic E-state index is 0.0158. The predicted molar refractivity (Wildman–Crippen MR) is 72.2 cm³/mol. The molecule has 2 fully saturated rings. The van der Waals surface area contributed by atoms with Gasteiger partial charge in [0.25, 0.3) is 0 Å². The fourth-order valence-electron chi connectivity index (χ4n) is 2.84. The first-order chi connectivity index (χ1) is 8.60. The van der Waals surface area contributed by atoms with Crippen molar-refractivity contribution >= 4 is 5.91 Å². The van der Waals surface area contributed by atoms with Crippen molar-refractivity contribution in [2.24, 2.45) is 5.73 Å². The lowest BCUT2D eigenvalue weighted by atomic mass is 10.1. The van der Waals surface area contributed by atoms with Gasteiger partial charge in [-0.1, -0.05) is 6.58 Å². The van der Waals surface area contributed by atoms with Crippen molar-refractivity contribution < 1.29 is 4.79 Å². The van der Waals surface area contributed by atoms with E-state index < -0.39 is 0 Å². The van der Waals surface area contributed by atoms with E-state index in [1.807, 2.05) is 4.90 Å². The van der Waals surface area contributed by atoms with Gasteiger partial charge in [0, 0.05) is 51.4 Å². The number of amides is 1. The topological polar surface area (TPSA) is 52.8 Å². The van der Waals surface area contributed by atoms with Gasteiger partial charge in [-0.05, 0) is 19.5 Å².